The topological polar surface area (TPSA) is 68.3 Å². The third-order valence-electron chi connectivity index (χ3n) is 3.00. The summed E-state index contributed by atoms with van der Waals surface area (Å²) in [6.45, 7) is 0. The minimum atomic E-state index is -3.38. The van der Waals surface area contributed by atoms with E-state index in [-0.39, 0.29) is 11.9 Å². The van der Waals surface area contributed by atoms with E-state index < -0.39 is 10.0 Å². The Morgan fingerprint density at radius 2 is 2.11 bits per heavy atom. The van der Waals surface area contributed by atoms with Crippen LogP contribution < -0.4 is 4.89 Å². The van der Waals surface area contributed by atoms with Gasteiger partial charge in [-0.3, -0.25) is 9.82 Å². The number of aromatic nitrogens is 1. The van der Waals surface area contributed by atoms with Crippen LogP contribution in [0.5, 0.6) is 0 Å². The molecule has 0 aromatic carbocycles. The molecular weight excluding hydrogens is 252 g/mol. The summed E-state index contributed by atoms with van der Waals surface area (Å²) < 4.78 is 23.4. The fourth-order valence-electron chi connectivity index (χ4n) is 1.97. The lowest BCUT2D eigenvalue weighted by molar-refractivity contribution is 0.0224. The Labute approximate surface area is 108 Å². The summed E-state index contributed by atoms with van der Waals surface area (Å²) >= 11 is 0. The number of aryl methyl sites for hydroxylation is 1. The molecule has 0 bridgehead atoms. The molecule has 2 rings (SSSR count). The average molecular weight is 270 g/mol. The van der Waals surface area contributed by atoms with Crippen molar-refractivity contribution in [2.75, 3.05) is 5.75 Å². The van der Waals surface area contributed by atoms with E-state index in [0.29, 0.717) is 6.42 Å². The highest BCUT2D eigenvalue weighted by Gasteiger charge is 2.19. The summed E-state index contributed by atoms with van der Waals surface area (Å²) in [5.74, 6) is -0.00324. The minimum Gasteiger partial charge on any atom is -0.284 e. The van der Waals surface area contributed by atoms with Gasteiger partial charge in [0.25, 0.3) is 0 Å². The Morgan fingerprint density at radius 1 is 1.33 bits per heavy atom. The third kappa shape index (κ3) is 4.36. The van der Waals surface area contributed by atoms with Crippen LogP contribution in [0.4, 0.5) is 0 Å². The summed E-state index contributed by atoms with van der Waals surface area (Å²) in [4.78, 5) is 11.5. The van der Waals surface area contributed by atoms with Crippen LogP contribution in [0.2, 0.25) is 0 Å². The zero-order valence-corrected chi connectivity index (χ0v) is 11.0. The molecule has 6 heteroatoms. The van der Waals surface area contributed by atoms with Crippen molar-refractivity contribution in [2.24, 2.45) is 0 Å². The van der Waals surface area contributed by atoms with E-state index in [1.807, 2.05) is 12.1 Å². The second-order valence-corrected chi connectivity index (χ2v) is 6.30. The van der Waals surface area contributed by atoms with Gasteiger partial charge in [-0.05, 0) is 25.0 Å². The quantitative estimate of drug-likeness (QED) is 0.794. The van der Waals surface area contributed by atoms with E-state index in [2.05, 4.69) is 9.87 Å². The van der Waals surface area contributed by atoms with Gasteiger partial charge in [-0.15, -0.1) is 0 Å². The Hall–Kier alpha value is -0.980. The Morgan fingerprint density at radius 3 is 2.78 bits per heavy atom. The number of sulfonamides is 1. The summed E-state index contributed by atoms with van der Waals surface area (Å²) in [5.41, 5.74) is 0.767. The standard InChI is InChI=1S/C12H18N2O3S/c15-18(16,14-17-12-6-1-2-7-12)10-8-11-5-3-4-9-13-11/h3-5,9,12,14H,1-2,6-8,10H2. The Balaban J connectivity index is 1.76. The molecule has 0 aliphatic heterocycles. The van der Waals surface area contributed by atoms with Crippen LogP contribution in [0.1, 0.15) is 31.4 Å². The molecule has 0 unspecified atom stereocenters. The van der Waals surface area contributed by atoms with E-state index >= 15 is 0 Å². The van der Waals surface area contributed by atoms with Crippen LogP contribution in [-0.4, -0.2) is 25.3 Å². The van der Waals surface area contributed by atoms with Gasteiger partial charge in [-0.25, -0.2) is 8.42 Å². The summed E-state index contributed by atoms with van der Waals surface area (Å²) in [6.07, 6.45) is 6.18. The molecule has 0 amide bonds. The molecule has 18 heavy (non-hydrogen) atoms. The van der Waals surface area contributed by atoms with Gasteiger partial charge >= 0.3 is 0 Å². The van der Waals surface area contributed by atoms with Crippen molar-refractivity contribution in [2.45, 2.75) is 38.2 Å². The third-order valence-corrected chi connectivity index (χ3v) is 4.09. The molecule has 1 heterocycles. The maximum absolute atomic E-state index is 11.7. The molecule has 1 aliphatic rings. The van der Waals surface area contributed by atoms with Gasteiger partial charge in [0.05, 0.1) is 11.9 Å². The number of rotatable bonds is 6. The number of nitrogens with one attached hydrogen (secondary N) is 1. The SMILES string of the molecule is O=S(=O)(CCc1ccccn1)NOC1CCCC1. The first-order valence-corrected chi connectivity index (χ1v) is 7.86. The van der Waals surface area contributed by atoms with Gasteiger partial charge in [0, 0.05) is 18.3 Å². The van der Waals surface area contributed by atoms with Crippen molar-refractivity contribution in [3.05, 3.63) is 30.1 Å². The highest BCUT2D eigenvalue weighted by Crippen LogP contribution is 2.20. The van der Waals surface area contributed by atoms with Crippen LogP contribution in [0.25, 0.3) is 0 Å². The van der Waals surface area contributed by atoms with Crippen molar-refractivity contribution < 1.29 is 13.3 Å². The van der Waals surface area contributed by atoms with E-state index in [0.717, 1.165) is 31.4 Å². The molecule has 1 aromatic heterocycles. The summed E-state index contributed by atoms with van der Waals surface area (Å²) in [5, 5.41) is 0. The van der Waals surface area contributed by atoms with Crippen molar-refractivity contribution in [1.82, 2.24) is 9.87 Å². The van der Waals surface area contributed by atoms with Crippen LogP contribution in [0.3, 0.4) is 0 Å². The van der Waals surface area contributed by atoms with E-state index in [1.54, 1.807) is 12.3 Å². The molecular formula is C12H18N2O3S. The molecule has 1 saturated carbocycles. The summed E-state index contributed by atoms with van der Waals surface area (Å²) in [7, 11) is -3.38. The molecule has 1 N–H and O–H groups in total. The van der Waals surface area contributed by atoms with Gasteiger partial charge in [-0.1, -0.05) is 23.8 Å². The molecule has 1 fully saturated rings. The van der Waals surface area contributed by atoms with E-state index in [4.69, 9.17) is 4.84 Å². The van der Waals surface area contributed by atoms with Crippen LogP contribution in [0.15, 0.2) is 24.4 Å². The van der Waals surface area contributed by atoms with Crippen LogP contribution in [0, 0.1) is 0 Å². The van der Waals surface area contributed by atoms with Crippen molar-refractivity contribution >= 4 is 10.0 Å². The zero-order valence-electron chi connectivity index (χ0n) is 10.2. The smallest absolute Gasteiger partial charge is 0.233 e. The lowest BCUT2D eigenvalue weighted by Gasteiger charge is -2.11. The van der Waals surface area contributed by atoms with Crippen LogP contribution in [-0.2, 0) is 21.3 Å². The predicted molar refractivity (Wildman–Crippen MR) is 68.2 cm³/mol. The largest absolute Gasteiger partial charge is 0.284 e. The number of nitrogens with zero attached hydrogens (tertiary/aromatic N) is 1. The monoisotopic (exact) mass is 270 g/mol. The predicted octanol–water partition coefficient (Wildman–Crippen LogP) is 1.42. The molecule has 0 spiro atoms. The molecule has 0 atom stereocenters. The van der Waals surface area contributed by atoms with Gasteiger partial charge in [0.2, 0.25) is 10.0 Å². The first-order chi connectivity index (χ1) is 8.66. The fourth-order valence-corrected chi connectivity index (χ4v) is 2.82. The maximum Gasteiger partial charge on any atom is 0.233 e. The molecule has 1 aromatic rings. The highest BCUT2D eigenvalue weighted by molar-refractivity contribution is 7.89. The Bertz CT molecular complexity index is 455. The normalized spacial score (nSPS) is 17.1. The zero-order chi connectivity index (χ0) is 12.8. The molecule has 5 nitrogen and oxygen atoms in total. The fraction of sp³-hybridized carbons (Fsp3) is 0.583. The lowest BCUT2D eigenvalue weighted by Crippen LogP contribution is -2.31. The van der Waals surface area contributed by atoms with Gasteiger partial charge in [0.15, 0.2) is 0 Å². The molecule has 0 radical (unpaired) electrons. The van der Waals surface area contributed by atoms with Crippen molar-refractivity contribution in [3.63, 3.8) is 0 Å². The second-order valence-electron chi connectivity index (χ2n) is 4.50. The number of hydrogen-bond donors (Lipinski definition) is 1. The molecule has 0 saturated heterocycles. The average Bonchev–Trinajstić information content (AvgIpc) is 2.89. The van der Waals surface area contributed by atoms with Gasteiger partial charge in [0.1, 0.15) is 0 Å². The van der Waals surface area contributed by atoms with E-state index in [1.165, 1.54) is 0 Å². The molecule has 100 valence electrons. The first kappa shape index (κ1) is 13.5. The first-order valence-electron chi connectivity index (χ1n) is 6.21. The second kappa shape index (κ2) is 6.26. The number of pyridine rings is 1. The number of hydrogen-bond acceptors (Lipinski definition) is 4. The molecule has 1 aliphatic carbocycles. The lowest BCUT2D eigenvalue weighted by atomic mass is 10.3. The van der Waals surface area contributed by atoms with E-state index in [9.17, 15) is 8.42 Å². The maximum atomic E-state index is 11.7. The van der Waals surface area contributed by atoms with Gasteiger partial charge in [-0.2, -0.15) is 0 Å². The van der Waals surface area contributed by atoms with Crippen molar-refractivity contribution in [3.8, 4) is 0 Å². The van der Waals surface area contributed by atoms with Crippen LogP contribution >= 0.6 is 0 Å². The van der Waals surface area contributed by atoms with Gasteiger partial charge < -0.3 is 0 Å². The highest BCUT2D eigenvalue weighted by atomic mass is 32.2. The summed E-state index contributed by atoms with van der Waals surface area (Å²) in [6, 6.07) is 5.46. The Kier molecular flexibility index (Phi) is 4.68. The minimum absolute atomic E-state index is 0.00324. The van der Waals surface area contributed by atoms with Crippen molar-refractivity contribution in [1.29, 1.82) is 0 Å².